The maximum absolute atomic E-state index is 12.8. The van der Waals surface area contributed by atoms with E-state index >= 15 is 0 Å². The Bertz CT molecular complexity index is 866. The summed E-state index contributed by atoms with van der Waals surface area (Å²) in [5.41, 5.74) is 3.85. The average molecular weight is 379 g/mol. The van der Waals surface area contributed by atoms with Crippen LogP contribution in [0.3, 0.4) is 0 Å². The molecule has 2 aromatic carbocycles. The predicted molar refractivity (Wildman–Crippen MR) is 108 cm³/mol. The summed E-state index contributed by atoms with van der Waals surface area (Å²) in [6.07, 6.45) is 2.29. The van der Waals surface area contributed by atoms with Crippen LogP contribution in [0.2, 0.25) is 0 Å². The smallest absolute Gasteiger partial charge is 0.241 e. The van der Waals surface area contributed by atoms with Gasteiger partial charge in [-0.05, 0) is 48.6 Å². The SMILES string of the molecule is O=C(Nc1ccc(CC(=O)N2CCCc3ccccc32)cc1)C1CC(O)CN1. The summed E-state index contributed by atoms with van der Waals surface area (Å²) in [4.78, 5) is 26.9. The number of rotatable bonds is 4. The molecule has 6 nitrogen and oxygen atoms in total. The third kappa shape index (κ3) is 4.08. The molecule has 0 radical (unpaired) electrons. The molecule has 0 spiro atoms. The van der Waals surface area contributed by atoms with Crippen molar-refractivity contribution in [1.82, 2.24) is 5.32 Å². The van der Waals surface area contributed by atoms with Crippen molar-refractivity contribution < 1.29 is 14.7 Å². The second-order valence-electron chi connectivity index (χ2n) is 7.49. The quantitative estimate of drug-likeness (QED) is 0.758. The summed E-state index contributed by atoms with van der Waals surface area (Å²) in [7, 11) is 0. The number of carbonyl (C=O) groups excluding carboxylic acids is 2. The highest BCUT2D eigenvalue weighted by atomic mass is 16.3. The van der Waals surface area contributed by atoms with Crippen LogP contribution < -0.4 is 15.5 Å². The van der Waals surface area contributed by atoms with E-state index < -0.39 is 6.10 Å². The second-order valence-corrected chi connectivity index (χ2v) is 7.49. The van der Waals surface area contributed by atoms with Gasteiger partial charge in [-0.25, -0.2) is 0 Å². The Kier molecular flexibility index (Phi) is 5.41. The van der Waals surface area contributed by atoms with Crippen molar-refractivity contribution in [2.24, 2.45) is 0 Å². The van der Waals surface area contributed by atoms with E-state index in [0.717, 1.165) is 30.6 Å². The Balaban J connectivity index is 1.37. The number of β-amino-alcohol motifs (C(OH)–C–C–N with tert-alkyl or cyclic N) is 1. The number of aliphatic hydroxyl groups is 1. The number of carbonyl (C=O) groups is 2. The standard InChI is InChI=1S/C22H25N3O3/c26-18-13-19(23-14-18)22(28)24-17-9-7-15(8-10-17)12-21(27)25-11-3-5-16-4-1-2-6-20(16)25/h1-2,4,6-10,18-19,23,26H,3,5,11-14H2,(H,24,28). The van der Waals surface area contributed by atoms with Gasteiger partial charge in [0.25, 0.3) is 0 Å². The zero-order chi connectivity index (χ0) is 19.5. The van der Waals surface area contributed by atoms with Gasteiger partial charge in [0.1, 0.15) is 0 Å². The molecule has 1 fully saturated rings. The van der Waals surface area contributed by atoms with Crippen LogP contribution in [0, 0.1) is 0 Å². The lowest BCUT2D eigenvalue weighted by atomic mass is 10.0. The third-order valence-corrected chi connectivity index (χ3v) is 5.41. The monoisotopic (exact) mass is 379 g/mol. The van der Waals surface area contributed by atoms with Crippen LogP contribution in [0.25, 0.3) is 0 Å². The molecular weight excluding hydrogens is 354 g/mol. The minimum absolute atomic E-state index is 0.0908. The number of benzene rings is 2. The molecule has 146 valence electrons. The van der Waals surface area contributed by atoms with Crippen molar-refractivity contribution in [3.63, 3.8) is 0 Å². The van der Waals surface area contributed by atoms with Crippen molar-refractivity contribution in [3.8, 4) is 0 Å². The highest BCUT2D eigenvalue weighted by Crippen LogP contribution is 2.27. The molecular formula is C22H25N3O3. The minimum atomic E-state index is -0.468. The van der Waals surface area contributed by atoms with Crippen molar-refractivity contribution in [2.75, 3.05) is 23.3 Å². The van der Waals surface area contributed by atoms with Crippen LogP contribution in [-0.2, 0) is 22.4 Å². The van der Waals surface area contributed by atoms with Crippen LogP contribution in [0.1, 0.15) is 24.0 Å². The lowest BCUT2D eigenvalue weighted by molar-refractivity contribution is -0.118. The van der Waals surface area contributed by atoms with Crippen molar-refractivity contribution in [3.05, 3.63) is 59.7 Å². The van der Waals surface area contributed by atoms with Gasteiger partial charge in [-0.1, -0.05) is 30.3 Å². The highest BCUT2D eigenvalue weighted by molar-refractivity contribution is 5.96. The molecule has 3 N–H and O–H groups in total. The van der Waals surface area contributed by atoms with Gasteiger partial charge in [0.05, 0.1) is 18.6 Å². The average Bonchev–Trinajstić information content (AvgIpc) is 3.15. The normalized spacial score (nSPS) is 21.2. The number of anilines is 2. The van der Waals surface area contributed by atoms with Crippen molar-refractivity contribution in [2.45, 2.75) is 37.8 Å². The van der Waals surface area contributed by atoms with E-state index in [1.165, 1.54) is 5.56 Å². The van der Waals surface area contributed by atoms with Crippen molar-refractivity contribution in [1.29, 1.82) is 0 Å². The second kappa shape index (κ2) is 8.12. The lowest BCUT2D eigenvalue weighted by Gasteiger charge is -2.29. The fourth-order valence-electron chi connectivity index (χ4n) is 3.91. The summed E-state index contributed by atoms with van der Waals surface area (Å²) in [5.74, 6) is -0.0571. The van der Waals surface area contributed by atoms with Gasteiger partial charge < -0.3 is 20.6 Å². The third-order valence-electron chi connectivity index (χ3n) is 5.41. The minimum Gasteiger partial charge on any atom is -0.392 e. The molecule has 28 heavy (non-hydrogen) atoms. The van der Waals surface area contributed by atoms with E-state index in [-0.39, 0.29) is 17.9 Å². The molecule has 2 aliphatic heterocycles. The van der Waals surface area contributed by atoms with E-state index in [1.807, 2.05) is 47.4 Å². The summed E-state index contributed by atoms with van der Waals surface area (Å²) in [5, 5.41) is 15.4. The fourth-order valence-corrected chi connectivity index (χ4v) is 3.91. The summed E-state index contributed by atoms with van der Waals surface area (Å²) in [6.45, 7) is 1.20. The van der Waals surface area contributed by atoms with E-state index in [9.17, 15) is 14.7 Å². The van der Waals surface area contributed by atoms with E-state index in [4.69, 9.17) is 0 Å². The van der Waals surface area contributed by atoms with Crippen LogP contribution in [-0.4, -0.2) is 42.2 Å². The maximum Gasteiger partial charge on any atom is 0.241 e. The van der Waals surface area contributed by atoms with Gasteiger partial charge in [0.2, 0.25) is 11.8 Å². The van der Waals surface area contributed by atoms with Crippen LogP contribution >= 0.6 is 0 Å². The van der Waals surface area contributed by atoms with Crippen LogP contribution in [0.5, 0.6) is 0 Å². The predicted octanol–water partition coefficient (Wildman–Crippen LogP) is 1.87. The van der Waals surface area contributed by atoms with E-state index in [0.29, 0.717) is 25.1 Å². The Morgan fingerprint density at radius 1 is 1.14 bits per heavy atom. The zero-order valence-corrected chi connectivity index (χ0v) is 15.7. The van der Waals surface area contributed by atoms with Crippen LogP contribution in [0.15, 0.2) is 48.5 Å². The first kappa shape index (κ1) is 18.7. The van der Waals surface area contributed by atoms with Gasteiger partial charge in [-0.3, -0.25) is 9.59 Å². The molecule has 2 amide bonds. The highest BCUT2D eigenvalue weighted by Gasteiger charge is 2.28. The Labute approximate surface area is 164 Å². The molecule has 2 heterocycles. The number of amides is 2. The molecule has 2 unspecified atom stereocenters. The molecule has 4 rings (SSSR count). The number of hydrogen-bond donors (Lipinski definition) is 3. The molecule has 1 saturated heterocycles. The van der Waals surface area contributed by atoms with Crippen molar-refractivity contribution >= 4 is 23.2 Å². The molecule has 0 saturated carbocycles. The van der Waals surface area contributed by atoms with E-state index in [1.54, 1.807) is 0 Å². The Hall–Kier alpha value is -2.70. The van der Waals surface area contributed by atoms with Gasteiger partial charge >= 0.3 is 0 Å². The summed E-state index contributed by atoms with van der Waals surface area (Å²) < 4.78 is 0. The molecule has 0 aromatic heterocycles. The molecule has 6 heteroatoms. The van der Waals surface area contributed by atoms with Gasteiger partial charge in [-0.15, -0.1) is 0 Å². The molecule has 2 atom stereocenters. The lowest BCUT2D eigenvalue weighted by Crippen LogP contribution is -2.36. The number of aliphatic hydroxyl groups excluding tert-OH is 1. The first-order valence-corrected chi connectivity index (χ1v) is 9.79. The summed E-state index contributed by atoms with van der Waals surface area (Å²) >= 11 is 0. The molecule has 0 bridgehead atoms. The zero-order valence-electron chi connectivity index (χ0n) is 15.7. The topological polar surface area (TPSA) is 81.7 Å². The van der Waals surface area contributed by atoms with Gasteiger partial charge in [0, 0.05) is 24.5 Å². The van der Waals surface area contributed by atoms with Crippen LogP contribution in [0.4, 0.5) is 11.4 Å². The Morgan fingerprint density at radius 3 is 2.68 bits per heavy atom. The number of aryl methyl sites for hydroxylation is 1. The molecule has 2 aliphatic rings. The number of nitrogens with zero attached hydrogens (tertiary/aromatic N) is 1. The number of fused-ring (bicyclic) bond motifs is 1. The number of para-hydroxylation sites is 1. The first-order valence-electron chi connectivity index (χ1n) is 9.79. The Morgan fingerprint density at radius 2 is 1.93 bits per heavy atom. The first-order chi connectivity index (χ1) is 13.6. The van der Waals surface area contributed by atoms with E-state index in [2.05, 4.69) is 16.7 Å². The largest absolute Gasteiger partial charge is 0.392 e. The fraction of sp³-hybridized carbons (Fsp3) is 0.364. The van der Waals surface area contributed by atoms with Gasteiger partial charge in [0.15, 0.2) is 0 Å². The summed E-state index contributed by atoms with van der Waals surface area (Å²) in [6, 6.07) is 15.1. The number of nitrogens with one attached hydrogen (secondary N) is 2. The maximum atomic E-state index is 12.8. The van der Waals surface area contributed by atoms with Gasteiger partial charge in [-0.2, -0.15) is 0 Å². The number of hydrogen-bond acceptors (Lipinski definition) is 4. The molecule has 2 aromatic rings. The molecule has 0 aliphatic carbocycles.